The molecule has 0 unspecified atom stereocenters. The van der Waals surface area contributed by atoms with Crippen molar-refractivity contribution in [1.82, 2.24) is 20.2 Å². The Morgan fingerprint density at radius 3 is 3.00 bits per heavy atom. The van der Waals surface area contributed by atoms with Gasteiger partial charge in [-0.1, -0.05) is 30.3 Å². The molecule has 1 aliphatic rings. The van der Waals surface area contributed by atoms with Crippen LogP contribution in [0.4, 0.5) is 4.79 Å². The Morgan fingerprint density at radius 1 is 1.43 bits per heavy atom. The molecule has 2 N–H and O–H groups in total. The van der Waals surface area contributed by atoms with Gasteiger partial charge in [-0.15, -0.1) is 0 Å². The van der Waals surface area contributed by atoms with Gasteiger partial charge in [-0.25, -0.2) is 9.78 Å². The summed E-state index contributed by atoms with van der Waals surface area (Å²) in [7, 11) is 1.79. The molecule has 0 radical (unpaired) electrons. The molecule has 3 rings (SSSR count). The van der Waals surface area contributed by atoms with E-state index in [-0.39, 0.29) is 6.03 Å². The van der Waals surface area contributed by atoms with Crippen molar-refractivity contribution in [2.24, 2.45) is 0 Å². The number of urea groups is 1. The zero-order chi connectivity index (χ0) is 16.1. The van der Waals surface area contributed by atoms with E-state index in [4.69, 9.17) is 0 Å². The average molecular weight is 330 g/mol. The van der Waals surface area contributed by atoms with Gasteiger partial charge >= 0.3 is 6.03 Å². The molecule has 1 aliphatic heterocycles. The summed E-state index contributed by atoms with van der Waals surface area (Å²) in [6, 6.07) is 10.0. The molecule has 0 saturated carbocycles. The highest BCUT2D eigenvalue weighted by molar-refractivity contribution is 8.00. The largest absolute Gasteiger partial charge is 0.341 e. The van der Waals surface area contributed by atoms with Crippen molar-refractivity contribution in [1.29, 1.82) is 0 Å². The summed E-state index contributed by atoms with van der Waals surface area (Å²) in [6.45, 7) is 1.22. The molecule has 1 fully saturated rings. The van der Waals surface area contributed by atoms with Crippen molar-refractivity contribution in [3.05, 3.63) is 42.4 Å². The maximum absolute atomic E-state index is 12.1. The van der Waals surface area contributed by atoms with E-state index in [2.05, 4.69) is 15.3 Å². The van der Waals surface area contributed by atoms with Crippen LogP contribution in [0.5, 0.6) is 0 Å². The predicted molar refractivity (Wildman–Crippen MR) is 94.4 cm³/mol. The fourth-order valence-corrected chi connectivity index (χ4v) is 3.85. The molecular formula is C17H22N4OS. The lowest BCUT2D eigenvalue weighted by atomic mass is 10.2. The Morgan fingerprint density at radius 2 is 2.26 bits per heavy atom. The van der Waals surface area contributed by atoms with Gasteiger partial charge in [-0.3, -0.25) is 0 Å². The van der Waals surface area contributed by atoms with Gasteiger partial charge in [0.15, 0.2) is 0 Å². The van der Waals surface area contributed by atoms with E-state index in [1.807, 2.05) is 48.3 Å². The van der Waals surface area contributed by atoms with Crippen LogP contribution in [0, 0.1) is 0 Å². The molecule has 1 aromatic carbocycles. The number of amides is 2. The van der Waals surface area contributed by atoms with Gasteiger partial charge in [0, 0.05) is 18.8 Å². The van der Waals surface area contributed by atoms with E-state index in [0.717, 1.165) is 23.6 Å². The Balaban J connectivity index is 1.52. The van der Waals surface area contributed by atoms with E-state index < -0.39 is 0 Å². The van der Waals surface area contributed by atoms with Crippen LogP contribution in [0.25, 0.3) is 11.3 Å². The van der Waals surface area contributed by atoms with Gasteiger partial charge in [0.25, 0.3) is 0 Å². The molecule has 1 saturated heterocycles. The molecule has 0 bridgehead atoms. The number of nitrogens with one attached hydrogen (secondary N) is 2. The van der Waals surface area contributed by atoms with Crippen LogP contribution in [0.3, 0.4) is 0 Å². The Labute approximate surface area is 140 Å². The van der Waals surface area contributed by atoms with Crippen molar-refractivity contribution < 1.29 is 4.79 Å². The smallest absolute Gasteiger partial charge is 0.317 e. The van der Waals surface area contributed by atoms with Crippen molar-refractivity contribution in [3.63, 3.8) is 0 Å². The highest BCUT2D eigenvalue weighted by Crippen LogP contribution is 2.25. The van der Waals surface area contributed by atoms with Gasteiger partial charge in [-0.2, -0.15) is 11.8 Å². The second kappa shape index (κ2) is 7.55. The van der Waals surface area contributed by atoms with E-state index in [9.17, 15) is 4.79 Å². The molecule has 0 spiro atoms. The lowest BCUT2D eigenvalue weighted by molar-refractivity contribution is 0.206. The standard InChI is InChI=1S/C17H22N4OS/c1-21(17(22)19-10-14-8-5-9-23-14)12-16-18-11-15(20-16)13-6-3-2-4-7-13/h2-4,6-7,11,14H,5,8-10,12H2,1H3,(H,18,20)(H,19,22)/t14-/m1/s1. The molecule has 0 aliphatic carbocycles. The third-order valence-electron chi connectivity index (χ3n) is 3.95. The van der Waals surface area contributed by atoms with Crippen LogP contribution in [0.2, 0.25) is 0 Å². The summed E-state index contributed by atoms with van der Waals surface area (Å²) in [4.78, 5) is 21.5. The number of aromatic nitrogens is 2. The quantitative estimate of drug-likeness (QED) is 0.885. The fourth-order valence-electron chi connectivity index (χ4n) is 2.65. The number of rotatable bonds is 5. The Hall–Kier alpha value is -1.95. The lowest BCUT2D eigenvalue weighted by Crippen LogP contribution is -2.39. The number of imidazole rings is 1. The van der Waals surface area contributed by atoms with Crippen LogP contribution in [-0.4, -0.2) is 45.5 Å². The first-order valence-corrected chi connectivity index (χ1v) is 8.97. The van der Waals surface area contributed by atoms with E-state index in [1.165, 1.54) is 18.6 Å². The van der Waals surface area contributed by atoms with Crippen molar-refractivity contribution >= 4 is 17.8 Å². The highest BCUT2D eigenvalue weighted by atomic mass is 32.2. The Kier molecular flexibility index (Phi) is 5.23. The number of carbonyl (C=O) groups excluding carboxylic acids is 1. The van der Waals surface area contributed by atoms with Crippen LogP contribution >= 0.6 is 11.8 Å². The SMILES string of the molecule is CN(Cc1ncc(-c2ccccc2)[nH]1)C(=O)NC[C@H]1CCCS1. The lowest BCUT2D eigenvalue weighted by Gasteiger charge is -2.18. The molecule has 2 heterocycles. The summed E-state index contributed by atoms with van der Waals surface area (Å²) in [5.74, 6) is 2.00. The molecule has 5 nitrogen and oxygen atoms in total. The summed E-state index contributed by atoms with van der Waals surface area (Å²) in [5, 5.41) is 3.58. The zero-order valence-electron chi connectivity index (χ0n) is 13.3. The number of carbonyl (C=O) groups is 1. The monoisotopic (exact) mass is 330 g/mol. The number of hydrogen-bond donors (Lipinski definition) is 2. The summed E-state index contributed by atoms with van der Waals surface area (Å²) >= 11 is 1.95. The second-order valence-corrected chi connectivity index (χ2v) is 7.19. The van der Waals surface area contributed by atoms with E-state index in [0.29, 0.717) is 11.8 Å². The van der Waals surface area contributed by atoms with Gasteiger partial charge in [0.2, 0.25) is 0 Å². The topological polar surface area (TPSA) is 61.0 Å². The molecule has 2 amide bonds. The molecule has 6 heteroatoms. The predicted octanol–water partition coefficient (Wildman–Crippen LogP) is 3.11. The van der Waals surface area contributed by atoms with Gasteiger partial charge in [0.05, 0.1) is 18.4 Å². The first-order chi connectivity index (χ1) is 11.2. The minimum atomic E-state index is -0.0461. The van der Waals surface area contributed by atoms with Crippen LogP contribution in [-0.2, 0) is 6.54 Å². The fraction of sp³-hybridized carbons (Fsp3) is 0.412. The first kappa shape index (κ1) is 15.9. The van der Waals surface area contributed by atoms with Crippen molar-refractivity contribution in [2.45, 2.75) is 24.6 Å². The molecule has 1 aromatic heterocycles. The Bertz CT molecular complexity index is 637. The van der Waals surface area contributed by atoms with Crippen LogP contribution in [0.15, 0.2) is 36.5 Å². The highest BCUT2D eigenvalue weighted by Gasteiger charge is 2.18. The molecule has 122 valence electrons. The van der Waals surface area contributed by atoms with Crippen molar-refractivity contribution in [3.8, 4) is 11.3 Å². The number of thioether (sulfide) groups is 1. The minimum absolute atomic E-state index is 0.0461. The van der Waals surface area contributed by atoms with Gasteiger partial charge < -0.3 is 15.2 Å². The molecule has 1 atom stereocenters. The minimum Gasteiger partial charge on any atom is -0.341 e. The third kappa shape index (κ3) is 4.28. The maximum Gasteiger partial charge on any atom is 0.317 e. The summed E-state index contributed by atoms with van der Waals surface area (Å²) in [5.41, 5.74) is 2.06. The van der Waals surface area contributed by atoms with E-state index >= 15 is 0 Å². The van der Waals surface area contributed by atoms with Crippen LogP contribution in [0.1, 0.15) is 18.7 Å². The van der Waals surface area contributed by atoms with E-state index in [1.54, 1.807) is 11.9 Å². The average Bonchev–Trinajstić information content (AvgIpc) is 3.25. The summed E-state index contributed by atoms with van der Waals surface area (Å²) < 4.78 is 0. The molecule has 2 aromatic rings. The summed E-state index contributed by atoms with van der Waals surface area (Å²) in [6.07, 6.45) is 4.27. The normalized spacial score (nSPS) is 17.2. The third-order valence-corrected chi connectivity index (χ3v) is 5.35. The zero-order valence-corrected chi connectivity index (χ0v) is 14.1. The molecule has 23 heavy (non-hydrogen) atoms. The number of benzene rings is 1. The number of nitrogens with zero attached hydrogens (tertiary/aromatic N) is 2. The van der Waals surface area contributed by atoms with Crippen LogP contribution < -0.4 is 5.32 Å². The number of aromatic amines is 1. The van der Waals surface area contributed by atoms with Gasteiger partial charge in [-0.05, 0) is 24.2 Å². The number of H-pyrrole nitrogens is 1. The number of hydrogen-bond acceptors (Lipinski definition) is 3. The van der Waals surface area contributed by atoms with Gasteiger partial charge in [0.1, 0.15) is 5.82 Å². The second-order valence-electron chi connectivity index (χ2n) is 5.79. The first-order valence-electron chi connectivity index (χ1n) is 7.92. The molecular weight excluding hydrogens is 308 g/mol. The van der Waals surface area contributed by atoms with Crippen molar-refractivity contribution in [2.75, 3.05) is 19.3 Å². The maximum atomic E-state index is 12.1.